The molecule has 6 aliphatic rings. The number of hydrogen-bond donors (Lipinski definition) is 2. The molecule has 2 aromatic carbocycles. The first kappa shape index (κ1) is 36.1. The van der Waals surface area contributed by atoms with Gasteiger partial charge in [-0.25, -0.2) is 4.52 Å². The summed E-state index contributed by atoms with van der Waals surface area (Å²) in [7, 11) is 0. The van der Waals surface area contributed by atoms with Gasteiger partial charge in [-0.15, -0.1) is 0 Å². The summed E-state index contributed by atoms with van der Waals surface area (Å²) in [4.78, 5) is 56.0. The molecule has 4 aliphatic carbocycles. The number of nitrogens with zero attached hydrogens (tertiary/aromatic N) is 3. The van der Waals surface area contributed by atoms with E-state index in [-0.39, 0.29) is 48.2 Å². The minimum atomic E-state index is -2.10. The van der Waals surface area contributed by atoms with Gasteiger partial charge in [0, 0.05) is 43.2 Å². The average molecular weight is 762 g/mol. The number of aromatic nitrogens is 2. The summed E-state index contributed by atoms with van der Waals surface area (Å²) in [6.07, 6.45) is 8.98. The zero-order chi connectivity index (χ0) is 38.6. The number of rotatable bonds is 8. The van der Waals surface area contributed by atoms with Crippen molar-refractivity contribution in [2.24, 2.45) is 11.8 Å². The molecule has 56 heavy (non-hydrogen) atoms. The van der Waals surface area contributed by atoms with Gasteiger partial charge >= 0.3 is 5.88 Å². The lowest BCUT2D eigenvalue weighted by Crippen LogP contribution is -2.61. The van der Waals surface area contributed by atoms with Gasteiger partial charge in [0.15, 0.2) is 34.1 Å². The molecule has 4 heterocycles. The predicted octanol–water partition coefficient (Wildman–Crippen LogP) is 3.57. The number of Topliss-reactive ketones (excluding diaryl/α,β-unsaturated/α-hetero) is 2. The summed E-state index contributed by atoms with van der Waals surface area (Å²) in [5.74, 6) is -2.59. The van der Waals surface area contributed by atoms with Crippen LogP contribution in [0.3, 0.4) is 0 Å². The van der Waals surface area contributed by atoms with Gasteiger partial charge in [0.25, 0.3) is 5.88 Å². The van der Waals surface area contributed by atoms with Gasteiger partial charge in [-0.05, 0) is 54.1 Å². The third kappa shape index (κ3) is 5.69. The number of aliphatic hydroxyl groups is 2. The minimum Gasteiger partial charge on any atom is -0.470 e. The monoisotopic (exact) mass is 761 g/mol. The fourth-order valence-corrected chi connectivity index (χ4v) is 8.80. The first-order valence-corrected chi connectivity index (χ1v) is 19.0. The Balaban J connectivity index is 0.000000146. The second-order valence-corrected chi connectivity index (χ2v) is 15.1. The smallest absolute Gasteiger partial charge is 0.424 e. The molecule has 0 amide bonds. The zero-order valence-electron chi connectivity index (χ0n) is 30.5. The molecule has 4 aromatic rings. The molecule has 10 rings (SSSR count). The quantitative estimate of drug-likeness (QED) is 0.249. The van der Waals surface area contributed by atoms with E-state index in [1.165, 1.54) is 12.2 Å². The van der Waals surface area contributed by atoms with Gasteiger partial charge < -0.3 is 24.2 Å². The zero-order valence-corrected chi connectivity index (χ0v) is 30.5. The summed E-state index contributed by atoms with van der Waals surface area (Å²) < 4.78 is 22.8. The summed E-state index contributed by atoms with van der Waals surface area (Å²) in [5, 5.41) is 29.2. The normalized spacial score (nSPS) is 29.2. The topological polar surface area (TPSA) is 187 Å². The molecule has 2 aliphatic heterocycles. The van der Waals surface area contributed by atoms with Crippen LogP contribution in [-0.2, 0) is 22.8 Å². The molecule has 2 aromatic heterocycles. The highest BCUT2D eigenvalue weighted by molar-refractivity contribution is 6.24. The Kier molecular flexibility index (Phi) is 9.15. The van der Waals surface area contributed by atoms with Crippen LogP contribution in [0, 0.1) is 11.8 Å². The number of allylic oxidation sites excluding steroid dienone is 2. The molecule has 2 saturated heterocycles. The van der Waals surface area contributed by atoms with E-state index in [1.807, 2.05) is 60.7 Å². The van der Waals surface area contributed by atoms with Crippen molar-refractivity contribution in [2.75, 3.05) is 26.2 Å². The van der Waals surface area contributed by atoms with Crippen LogP contribution in [0.15, 0.2) is 94.0 Å². The molecule has 0 spiro atoms. The first-order chi connectivity index (χ1) is 27.2. The number of aromatic amines is 1. The largest absolute Gasteiger partial charge is 0.470 e. The predicted molar refractivity (Wildman–Crippen MR) is 194 cm³/mol. The number of carbonyl (C=O) groups excluding carboxylic acids is 4. The maximum Gasteiger partial charge on any atom is 0.424 e. The summed E-state index contributed by atoms with van der Waals surface area (Å²) in [6, 6.07) is 18.3. The van der Waals surface area contributed by atoms with Crippen LogP contribution in [0.1, 0.15) is 81.1 Å². The molecule has 14 heteroatoms. The van der Waals surface area contributed by atoms with Gasteiger partial charge in [-0.1, -0.05) is 72.8 Å². The maximum atomic E-state index is 13.3. The van der Waals surface area contributed by atoms with E-state index in [0.29, 0.717) is 24.4 Å². The number of hydrogen-bond acceptors (Lipinski definition) is 13. The lowest BCUT2D eigenvalue weighted by atomic mass is 9.64. The highest BCUT2D eigenvalue weighted by Crippen LogP contribution is 2.52. The van der Waals surface area contributed by atoms with E-state index in [1.54, 1.807) is 12.2 Å². The molecule has 3 N–H and O–H groups in total. The van der Waals surface area contributed by atoms with Crippen LogP contribution in [0.25, 0.3) is 0 Å². The summed E-state index contributed by atoms with van der Waals surface area (Å²) >= 11 is 0. The lowest BCUT2D eigenvalue weighted by Gasteiger charge is -2.48. The Labute approximate surface area is 321 Å². The van der Waals surface area contributed by atoms with Crippen LogP contribution in [0.2, 0.25) is 0 Å². The highest BCUT2D eigenvalue weighted by Gasteiger charge is 2.64. The lowest BCUT2D eigenvalue weighted by molar-refractivity contribution is -0.617. The molecule has 0 radical (unpaired) electrons. The third-order valence-electron chi connectivity index (χ3n) is 12.0. The van der Waals surface area contributed by atoms with Crippen molar-refractivity contribution in [2.45, 2.75) is 62.2 Å². The molecular weight excluding hydrogens is 720 g/mol. The van der Waals surface area contributed by atoms with E-state index in [9.17, 15) is 29.4 Å². The van der Waals surface area contributed by atoms with Crippen molar-refractivity contribution in [3.05, 3.63) is 119 Å². The second-order valence-electron chi connectivity index (χ2n) is 15.1. The summed E-state index contributed by atoms with van der Waals surface area (Å²) in [6.45, 7) is 3.76. The first-order valence-electron chi connectivity index (χ1n) is 19.0. The van der Waals surface area contributed by atoms with Crippen LogP contribution in [0.4, 0.5) is 0 Å². The number of benzene rings is 2. The fourth-order valence-electron chi connectivity index (χ4n) is 8.80. The molecule has 6 atom stereocenters. The van der Waals surface area contributed by atoms with Crippen LogP contribution >= 0.6 is 0 Å². The Morgan fingerprint density at radius 3 is 1.71 bits per heavy atom. The van der Waals surface area contributed by atoms with Gasteiger partial charge in [0.1, 0.15) is 18.8 Å². The Bertz CT molecular complexity index is 2080. The number of nitrogens with one attached hydrogen (secondary N) is 1. The molecule has 288 valence electrons. The van der Waals surface area contributed by atoms with Gasteiger partial charge in [0.05, 0.1) is 12.1 Å². The SMILES string of the molecule is O=C1C=CCC2[C@H](N3CCC3)c3o[nH+]c(OCc4ccccc4)c3C(=O)[C@@]12O.O=C1C=CCC2[C@H](N3CCC3)c3onc(OCc4ccccc4)c3C(=O)[C@]12O. The van der Waals surface area contributed by atoms with Crippen molar-refractivity contribution in [3.63, 3.8) is 0 Å². The number of ether oxygens (including phenoxy) is 2. The van der Waals surface area contributed by atoms with Crippen molar-refractivity contribution in [1.82, 2.24) is 15.0 Å². The highest BCUT2D eigenvalue weighted by atomic mass is 16.5. The number of likely N-dealkylation sites (tertiary alicyclic amines) is 2. The standard InChI is InChI=1S/2C21H20N2O5/c2*24-15-9-4-8-14-17(23-10-5-11-23)18-16(19(25)21(14,15)26)20(22-28-18)27-12-13-6-2-1-3-7-13/h2*1-4,6-7,9,14,17,26H,5,8,10-12H2/p+1/t14?,17-,21+;14?,17-,21-/m00/s1. The van der Waals surface area contributed by atoms with Crippen LogP contribution in [-0.4, -0.2) is 85.7 Å². The summed E-state index contributed by atoms with van der Waals surface area (Å²) in [5.41, 5.74) is -2.09. The van der Waals surface area contributed by atoms with Crippen molar-refractivity contribution >= 4 is 23.1 Å². The van der Waals surface area contributed by atoms with E-state index >= 15 is 0 Å². The van der Waals surface area contributed by atoms with E-state index in [2.05, 4.69) is 20.1 Å². The molecule has 14 nitrogen and oxygen atoms in total. The minimum absolute atomic E-state index is 0.0311. The van der Waals surface area contributed by atoms with E-state index < -0.39 is 46.2 Å². The second kappa shape index (κ2) is 14.2. The third-order valence-corrected chi connectivity index (χ3v) is 12.0. The number of fused-ring (bicyclic) bond motifs is 4. The number of H-pyrrole nitrogens is 1. The van der Waals surface area contributed by atoms with E-state index in [4.69, 9.17) is 18.5 Å². The molecule has 0 saturated carbocycles. The van der Waals surface area contributed by atoms with Crippen LogP contribution in [0.5, 0.6) is 11.8 Å². The number of carbonyl (C=O) groups is 4. The maximum absolute atomic E-state index is 13.3. The number of ketones is 4. The molecule has 2 unspecified atom stereocenters. The molecule has 2 fully saturated rings. The van der Waals surface area contributed by atoms with Crippen molar-refractivity contribution in [3.8, 4) is 11.8 Å². The fraction of sp³-hybridized carbons (Fsp3) is 0.381. The van der Waals surface area contributed by atoms with Gasteiger partial charge in [0.2, 0.25) is 17.3 Å². The Morgan fingerprint density at radius 1 is 0.696 bits per heavy atom. The van der Waals surface area contributed by atoms with E-state index in [0.717, 1.165) is 50.1 Å². The van der Waals surface area contributed by atoms with Gasteiger partial charge in [-0.3, -0.25) is 29.0 Å². The average Bonchev–Trinajstić information content (AvgIpc) is 3.80. The molecular formula is C42H41N4O10+. The van der Waals surface area contributed by atoms with Crippen molar-refractivity contribution < 1.29 is 53.1 Å². The van der Waals surface area contributed by atoms with Crippen molar-refractivity contribution in [1.29, 1.82) is 0 Å². The van der Waals surface area contributed by atoms with Gasteiger partial charge in [-0.2, -0.15) is 0 Å². The molecule has 0 bridgehead atoms. The Hall–Kier alpha value is -5.54. The Morgan fingerprint density at radius 2 is 1.20 bits per heavy atom. The van der Waals surface area contributed by atoms with Crippen LogP contribution < -0.4 is 14.6 Å².